The third-order valence-electron chi connectivity index (χ3n) is 5.50. The highest BCUT2D eigenvalue weighted by atomic mass is 32.2. The first kappa shape index (κ1) is 26.1. The van der Waals surface area contributed by atoms with Crippen molar-refractivity contribution in [1.29, 1.82) is 0 Å². The smallest absolute Gasteiger partial charge is 0.387 e. The Morgan fingerprint density at radius 2 is 1.95 bits per heavy atom. The summed E-state index contributed by atoms with van der Waals surface area (Å²) in [4.78, 5) is 29.1. The SMILES string of the molecule is CCC1SC(=O)N(Cc2ccc(NC(=O)c3cccnc3)cc2)N=C1c1ccc(OC)c(OC(F)F)c1. The van der Waals surface area contributed by atoms with Gasteiger partial charge in [0.15, 0.2) is 11.5 Å². The number of methoxy groups -OCH3 is 1. The molecule has 0 spiro atoms. The first-order chi connectivity index (χ1) is 17.9. The molecule has 37 heavy (non-hydrogen) atoms. The lowest BCUT2D eigenvalue weighted by atomic mass is 10.0. The molecule has 0 fully saturated rings. The average Bonchev–Trinajstić information content (AvgIpc) is 2.90. The van der Waals surface area contributed by atoms with Crippen LogP contribution in [0, 0.1) is 0 Å². The normalized spacial score (nSPS) is 15.4. The van der Waals surface area contributed by atoms with E-state index < -0.39 is 6.61 Å². The molecule has 1 atom stereocenters. The summed E-state index contributed by atoms with van der Waals surface area (Å²) in [6, 6.07) is 15.1. The van der Waals surface area contributed by atoms with Crippen molar-refractivity contribution in [3.8, 4) is 11.5 Å². The van der Waals surface area contributed by atoms with Crippen LogP contribution in [0.5, 0.6) is 11.5 Å². The molecule has 1 aliphatic rings. The van der Waals surface area contributed by atoms with Gasteiger partial charge >= 0.3 is 11.9 Å². The lowest BCUT2D eigenvalue weighted by Gasteiger charge is -2.28. The number of halogens is 2. The van der Waals surface area contributed by atoms with Gasteiger partial charge in [-0.25, -0.2) is 5.01 Å². The van der Waals surface area contributed by atoms with Crippen molar-refractivity contribution >= 4 is 34.3 Å². The quantitative estimate of drug-likeness (QED) is 0.379. The number of thioether (sulfide) groups is 1. The van der Waals surface area contributed by atoms with Crippen LogP contribution in [0.4, 0.5) is 19.3 Å². The van der Waals surface area contributed by atoms with Gasteiger partial charge in [-0.05, 0) is 54.4 Å². The number of aromatic nitrogens is 1. The molecule has 0 radical (unpaired) electrons. The third-order valence-corrected chi connectivity index (χ3v) is 6.75. The minimum atomic E-state index is -3.01. The summed E-state index contributed by atoms with van der Waals surface area (Å²) < 4.78 is 35.5. The van der Waals surface area contributed by atoms with Gasteiger partial charge in [-0.3, -0.25) is 14.6 Å². The van der Waals surface area contributed by atoms with E-state index in [1.165, 1.54) is 30.4 Å². The van der Waals surface area contributed by atoms with E-state index in [1.54, 1.807) is 48.7 Å². The number of benzene rings is 2. The largest absolute Gasteiger partial charge is 0.493 e. The number of anilines is 1. The molecule has 2 heterocycles. The first-order valence-electron chi connectivity index (χ1n) is 11.4. The Morgan fingerprint density at radius 1 is 1.16 bits per heavy atom. The van der Waals surface area contributed by atoms with Crippen LogP contribution in [-0.2, 0) is 6.54 Å². The summed E-state index contributed by atoms with van der Waals surface area (Å²) in [6.45, 7) is -0.891. The second kappa shape index (κ2) is 11.8. The van der Waals surface area contributed by atoms with E-state index in [9.17, 15) is 18.4 Å². The van der Waals surface area contributed by atoms with Crippen LogP contribution >= 0.6 is 11.8 Å². The minimum absolute atomic E-state index is 0.107. The molecular formula is C26H24F2N4O4S. The Morgan fingerprint density at radius 3 is 2.59 bits per heavy atom. The Balaban J connectivity index is 1.53. The van der Waals surface area contributed by atoms with Gasteiger partial charge in [-0.15, -0.1) is 0 Å². The van der Waals surface area contributed by atoms with E-state index in [0.29, 0.717) is 28.9 Å². The molecule has 1 aliphatic heterocycles. The molecule has 2 aromatic carbocycles. The van der Waals surface area contributed by atoms with Gasteiger partial charge in [-0.1, -0.05) is 30.8 Å². The minimum Gasteiger partial charge on any atom is -0.493 e. The molecule has 4 rings (SSSR count). The van der Waals surface area contributed by atoms with Crippen molar-refractivity contribution < 1.29 is 27.8 Å². The summed E-state index contributed by atoms with van der Waals surface area (Å²) in [5.41, 5.74) is 2.96. The highest BCUT2D eigenvalue weighted by molar-refractivity contribution is 8.14. The van der Waals surface area contributed by atoms with Crippen molar-refractivity contribution in [2.75, 3.05) is 12.4 Å². The van der Waals surface area contributed by atoms with E-state index in [4.69, 9.17) is 4.74 Å². The van der Waals surface area contributed by atoms with Crippen molar-refractivity contribution in [3.05, 3.63) is 83.7 Å². The second-order valence-electron chi connectivity index (χ2n) is 7.96. The lowest BCUT2D eigenvalue weighted by Crippen LogP contribution is -2.34. The maximum Gasteiger partial charge on any atom is 0.387 e. The third kappa shape index (κ3) is 6.42. The summed E-state index contributed by atoms with van der Waals surface area (Å²) in [5.74, 6) is -0.215. The number of amides is 2. The van der Waals surface area contributed by atoms with E-state index in [2.05, 4.69) is 20.1 Å². The van der Waals surface area contributed by atoms with Gasteiger partial charge in [0, 0.05) is 23.6 Å². The molecule has 1 aromatic heterocycles. The van der Waals surface area contributed by atoms with Crippen LogP contribution in [0.2, 0.25) is 0 Å². The van der Waals surface area contributed by atoms with E-state index in [1.807, 2.05) is 6.92 Å². The molecule has 3 aromatic rings. The predicted molar refractivity (Wildman–Crippen MR) is 137 cm³/mol. The summed E-state index contributed by atoms with van der Waals surface area (Å²) in [6.07, 6.45) is 3.69. The van der Waals surface area contributed by atoms with Crippen LogP contribution < -0.4 is 14.8 Å². The average molecular weight is 527 g/mol. The van der Waals surface area contributed by atoms with Crippen LogP contribution in [-0.4, -0.2) is 45.8 Å². The molecule has 11 heteroatoms. The molecule has 0 aliphatic carbocycles. The Kier molecular flexibility index (Phi) is 8.34. The lowest BCUT2D eigenvalue weighted by molar-refractivity contribution is -0.0512. The summed E-state index contributed by atoms with van der Waals surface area (Å²) in [7, 11) is 1.37. The number of hydrogen-bond donors (Lipinski definition) is 1. The number of carbonyl (C=O) groups is 2. The molecule has 1 unspecified atom stereocenters. The molecule has 192 valence electrons. The van der Waals surface area contributed by atoms with Crippen LogP contribution in [0.3, 0.4) is 0 Å². The maximum absolute atomic E-state index is 12.9. The highest BCUT2D eigenvalue weighted by Gasteiger charge is 2.31. The zero-order chi connectivity index (χ0) is 26.4. The van der Waals surface area contributed by atoms with Crippen molar-refractivity contribution in [2.45, 2.75) is 31.8 Å². The van der Waals surface area contributed by atoms with E-state index in [0.717, 1.165) is 17.3 Å². The number of ether oxygens (including phenoxy) is 2. The van der Waals surface area contributed by atoms with Crippen molar-refractivity contribution in [3.63, 3.8) is 0 Å². The fraction of sp³-hybridized carbons (Fsp3) is 0.231. The van der Waals surface area contributed by atoms with Gasteiger partial charge in [0.1, 0.15) is 0 Å². The molecule has 0 bridgehead atoms. The van der Waals surface area contributed by atoms with Crippen molar-refractivity contribution in [2.24, 2.45) is 5.10 Å². The van der Waals surface area contributed by atoms with Gasteiger partial charge in [-0.2, -0.15) is 13.9 Å². The first-order valence-corrected chi connectivity index (χ1v) is 12.3. The Bertz CT molecular complexity index is 1290. The fourth-order valence-electron chi connectivity index (χ4n) is 3.68. The van der Waals surface area contributed by atoms with Crippen LogP contribution in [0.25, 0.3) is 0 Å². The van der Waals surface area contributed by atoms with Crippen molar-refractivity contribution in [1.82, 2.24) is 9.99 Å². The second-order valence-corrected chi connectivity index (χ2v) is 9.11. The van der Waals surface area contributed by atoms with Gasteiger partial charge < -0.3 is 14.8 Å². The number of alkyl halides is 2. The number of carbonyl (C=O) groups excluding carboxylic acids is 2. The van der Waals surface area contributed by atoms with Gasteiger partial charge in [0.25, 0.3) is 5.91 Å². The van der Waals surface area contributed by atoms with Gasteiger partial charge in [0.2, 0.25) is 0 Å². The molecule has 2 amide bonds. The molecule has 0 saturated carbocycles. The standard InChI is InChI=1S/C26H24F2N4O4S/c1-3-22-23(17-8-11-20(35-2)21(13-17)36-25(27)28)31-32(26(34)37-22)15-16-6-9-19(10-7-16)30-24(33)18-5-4-12-29-14-18/h4-14,22,25H,3,15H2,1-2H3,(H,30,33). The number of hydrogen-bond acceptors (Lipinski definition) is 7. The van der Waals surface area contributed by atoms with Crippen LogP contribution in [0.15, 0.2) is 72.1 Å². The number of nitrogens with one attached hydrogen (secondary N) is 1. The molecule has 0 saturated heterocycles. The topological polar surface area (TPSA) is 93.1 Å². The zero-order valence-electron chi connectivity index (χ0n) is 20.1. The Labute approximate surface area is 216 Å². The van der Waals surface area contributed by atoms with Crippen LogP contribution in [0.1, 0.15) is 34.8 Å². The number of nitrogens with zero attached hydrogens (tertiary/aromatic N) is 3. The summed E-state index contributed by atoms with van der Waals surface area (Å²) in [5, 5.41) is 8.26. The number of pyridine rings is 1. The van der Waals surface area contributed by atoms with E-state index in [-0.39, 0.29) is 34.4 Å². The van der Waals surface area contributed by atoms with Gasteiger partial charge in [0.05, 0.1) is 30.2 Å². The number of hydrazone groups is 1. The monoisotopic (exact) mass is 526 g/mol. The fourth-order valence-corrected chi connectivity index (χ4v) is 4.62. The molecular weight excluding hydrogens is 502 g/mol. The molecule has 1 N–H and O–H groups in total. The van der Waals surface area contributed by atoms with E-state index >= 15 is 0 Å². The molecule has 8 nitrogen and oxygen atoms in total. The zero-order valence-corrected chi connectivity index (χ0v) is 20.9. The summed E-state index contributed by atoms with van der Waals surface area (Å²) >= 11 is 1.13. The maximum atomic E-state index is 12.9. The Hall–Kier alpha value is -3.99. The predicted octanol–water partition coefficient (Wildman–Crippen LogP) is 5.80. The number of rotatable bonds is 9. The highest BCUT2D eigenvalue weighted by Crippen LogP contribution is 2.34.